The second-order valence-electron chi connectivity index (χ2n) is 3.45. The van der Waals surface area contributed by atoms with Crippen molar-refractivity contribution in [2.45, 2.75) is 19.8 Å². The summed E-state index contributed by atoms with van der Waals surface area (Å²) in [5.41, 5.74) is -0.596. The Hall–Kier alpha value is -2.12. The van der Waals surface area contributed by atoms with Gasteiger partial charge in [0, 0.05) is 0 Å². The smallest absolute Gasteiger partial charge is 0.367 e. The van der Waals surface area contributed by atoms with Gasteiger partial charge in [0.1, 0.15) is 6.20 Å². The van der Waals surface area contributed by atoms with Crippen LogP contribution in [0.25, 0.3) is 0 Å². The van der Waals surface area contributed by atoms with E-state index in [-0.39, 0.29) is 11.1 Å². The van der Waals surface area contributed by atoms with Gasteiger partial charge in [0.25, 0.3) is 6.43 Å². The van der Waals surface area contributed by atoms with E-state index in [1.807, 2.05) is 0 Å². The largest absolute Gasteiger partial charge is 0.469 e. The van der Waals surface area contributed by atoms with Gasteiger partial charge in [0.05, 0.1) is 24.7 Å². The Kier molecular flexibility index (Phi) is 4.24. The molecule has 18 heavy (non-hydrogen) atoms. The molecule has 0 spiro atoms. The molecule has 0 saturated carbocycles. The highest BCUT2D eigenvalue weighted by atomic mass is 19.3. The van der Waals surface area contributed by atoms with Crippen molar-refractivity contribution >= 4 is 11.8 Å². The van der Waals surface area contributed by atoms with Gasteiger partial charge >= 0.3 is 11.8 Å². The number of nitro groups is 1. The van der Waals surface area contributed by atoms with Crippen LogP contribution in [0.4, 0.5) is 14.6 Å². The van der Waals surface area contributed by atoms with Gasteiger partial charge in [0.15, 0.2) is 0 Å². The molecule has 0 aliphatic rings. The molecule has 6 nitrogen and oxygen atoms in total. The molecule has 0 saturated heterocycles. The van der Waals surface area contributed by atoms with E-state index in [2.05, 4.69) is 9.72 Å². The third kappa shape index (κ3) is 2.76. The van der Waals surface area contributed by atoms with Crippen molar-refractivity contribution < 1.29 is 23.2 Å². The normalized spacial score (nSPS) is 10.5. The summed E-state index contributed by atoms with van der Waals surface area (Å²) < 4.78 is 29.6. The summed E-state index contributed by atoms with van der Waals surface area (Å²) in [5.74, 6) is -1.36. The van der Waals surface area contributed by atoms with Crippen LogP contribution >= 0.6 is 0 Å². The zero-order valence-corrected chi connectivity index (χ0v) is 9.65. The van der Waals surface area contributed by atoms with Crippen LogP contribution in [0.3, 0.4) is 0 Å². The van der Waals surface area contributed by atoms with Gasteiger partial charge in [-0.1, -0.05) is 0 Å². The molecule has 98 valence electrons. The molecule has 0 bridgehead atoms. The predicted molar refractivity (Wildman–Crippen MR) is 56.3 cm³/mol. The van der Waals surface area contributed by atoms with E-state index in [0.717, 1.165) is 13.3 Å². The van der Waals surface area contributed by atoms with Crippen LogP contribution in [0.2, 0.25) is 0 Å². The zero-order valence-electron chi connectivity index (χ0n) is 9.65. The average Bonchev–Trinajstić information content (AvgIpc) is 2.30. The monoisotopic (exact) mass is 260 g/mol. The van der Waals surface area contributed by atoms with Crippen molar-refractivity contribution in [1.29, 1.82) is 0 Å². The lowest BCUT2D eigenvalue weighted by Gasteiger charge is -2.08. The summed E-state index contributed by atoms with van der Waals surface area (Å²) in [6.07, 6.45) is -2.53. The van der Waals surface area contributed by atoms with Gasteiger partial charge in [-0.05, 0) is 22.4 Å². The van der Waals surface area contributed by atoms with E-state index in [0.29, 0.717) is 0 Å². The molecule has 0 fully saturated rings. The van der Waals surface area contributed by atoms with Crippen LogP contribution in [-0.4, -0.2) is 23.0 Å². The Morgan fingerprint density at radius 3 is 2.67 bits per heavy atom. The van der Waals surface area contributed by atoms with Crippen molar-refractivity contribution in [3.63, 3.8) is 0 Å². The van der Waals surface area contributed by atoms with Crippen molar-refractivity contribution in [2.24, 2.45) is 0 Å². The van der Waals surface area contributed by atoms with Gasteiger partial charge in [-0.3, -0.25) is 4.79 Å². The SMILES string of the molecule is COC(=O)Cc1c([N+](=O)[O-])ncc(C(F)F)c1C. The third-order valence-corrected chi connectivity index (χ3v) is 2.44. The summed E-state index contributed by atoms with van der Waals surface area (Å²) in [5, 5.41) is 10.7. The Morgan fingerprint density at radius 1 is 1.61 bits per heavy atom. The van der Waals surface area contributed by atoms with Crippen LogP contribution in [0, 0.1) is 17.0 Å². The first-order chi connectivity index (χ1) is 8.38. The highest BCUT2D eigenvalue weighted by Crippen LogP contribution is 2.29. The molecule has 1 aromatic rings. The molecular formula is C10H10F2N2O4. The van der Waals surface area contributed by atoms with Crippen LogP contribution < -0.4 is 0 Å². The van der Waals surface area contributed by atoms with Crippen LogP contribution in [0.15, 0.2) is 6.20 Å². The number of aromatic nitrogens is 1. The molecule has 0 aliphatic heterocycles. The Morgan fingerprint density at radius 2 is 2.22 bits per heavy atom. The van der Waals surface area contributed by atoms with Crippen LogP contribution in [-0.2, 0) is 16.0 Å². The fourth-order valence-corrected chi connectivity index (χ4v) is 1.45. The number of ether oxygens (including phenoxy) is 1. The van der Waals surface area contributed by atoms with Crippen molar-refractivity contribution in [3.05, 3.63) is 33.0 Å². The van der Waals surface area contributed by atoms with Crippen molar-refractivity contribution in [1.82, 2.24) is 4.98 Å². The maximum Gasteiger partial charge on any atom is 0.367 e. The number of carbonyl (C=O) groups is 1. The number of carbonyl (C=O) groups excluding carboxylic acids is 1. The minimum Gasteiger partial charge on any atom is -0.469 e. The molecular weight excluding hydrogens is 250 g/mol. The van der Waals surface area contributed by atoms with E-state index in [1.165, 1.54) is 6.92 Å². The van der Waals surface area contributed by atoms with E-state index >= 15 is 0 Å². The first-order valence-electron chi connectivity index (χ1n) is 4.86. The third-order valence-electron chi connectivity index (χ3n) is 2.44. The highest BCUT2D eigenvalue weighted by molar-refractivity contribution is 5.74. The van der Waals surface area contributed by atoms with E-state index in [9.17, 15) is 23.7 Å². The summed E-state index contributed by atoms with van der Waals surface area (Å²) in [7, 11) is 1.11. The molecule has 8 heteroatoms. The molecule has 0 atom stereocenters. The average molecular weight is 260 g/mol. The number of rotatable bonds is 4. The Balaban J connectivity index is 3.35. The topological polar surface area (TPSA) is 82.3 Å². The second-order valence-corrected chi connectivity index (χ2v) is 3.45. The number of nitrogens with zero attached hydrogens (tertiary/aromatic N) is 2. The Labute approximate surface area is 101 Å². The number of hydrogen-bond donors (Lipinski definition) is 0. The lowest BCUT2D eigenvalue weighted by molar-refractivity contribution is -0.390. The van der Waals surface area contributed by atoms with E-state index in [4.69, 9.17) is 0 Å². The molecule has 1 heterocycles. The lowest BCUT2D eigenvalue weighted by atomic mass is 10.0. The van der Waals surface area contributed by atoms with Gasteiger partial charge in [-0.15, -0.1) is 0 Å². The number of methoxy groups -OCH3 is 1. The predicted octanol–water partition coefficient (Wildman–Crippen LogP) is 1.95. The molecule has 0 aromatic carbocycles. The molecule has 0 amide bonds. The minimum absolute atomic E-state index is 0.0166. The lowest BCUT2D eigenvalue weighted by Crippen LogP contribution is -2.11. The number of alkyl halides is 2. The van der Waals surface area contributed by atoms with Crippen LogP contribution in [0.5, 0.6) is 0 Å². The standard InChI is InChI=1S/C10H10F2N2O4/c1-5-6(3-8(15)18-2)10(14(16)17)13-4-7(5)9(11)12/h4,9H,3H2,1-2H3. The fraction of sp³-hybridized carbons (Fsp3) is 0.400. The first kappa shape index (κ1) is 13.9. The van der Waals surface area contributed by atoms with Crippen molar-refractivity contribution in [3.8, 4) is 0 Å². The van der Waals surface area contributed by atoms with Gasteiger partial charge in [0.2, 0.25) is 0 Å². The quantitative estimate of drug-likeness (QED) is 0.469. The zero-order chi connectivity index (χ0) is 13.9. The fourth-order valence-electron chi connectivity index (χ4n) is 1.45. The minimum atomic E-state index is -2.81. The van der Waals surface area contributed by atoms with E-state index in [1.54, 1.807) is 0 Å². The number of halogens is 2. The number of hydrogen-bond acceptors (Lipinski definition) is 5. The molecule has 1 rings (SSSR count). The summed E-state index contributed by atoms with van der Waals surface area (Å²) >= 11 is 0. The summed E-state index contributed by atoms with van der Waals surface area (Å²) in [6.45, 7) is 1.29. The molecule has 0 N–H and O–H groups in total. The Bertz CT molecular complexity index is 491. The maximum absolute atomic E-state index is 12.6. The van der Waals surface area contributed by atoms with Gasteiger partial charge in [-0.2, -0.15) is 0 Å². The summed E-state index contributed by atoms with van der Waals surface area (Å²) in [6, 6.07) is 0. The number of esters is 1. The molecule has 1 aromatic heterocycles. The molecule has 0 aliphatic carbocycles. The second kappa shape index (κ2) is 5.48. The number of pyridine rings is 1. The van der Waals surface area contributed by atoms with Crippen molar-refractivity contribution in [2.75, 3.05) is 7.11 Å². The summed E-state index contributed by atoms with van der Waals surface area (Å²) in [4.78, 5) is 24.4. The van der Waals surface area contributed by atoms with Gasteiger partial charge in [-0.25, -0.2) is 8.78 Å². The maximum atomic E-state index is 12.6. The molecule has 0 radical (unpaired) electrons. The molecule has 0 unspecified atom stereocenters. The first-order valence-corrected chi connectivity index (χ1v) is 4.86. The highest BCUT2D eigenvalue weighted by Gasteiger charge is 2.26. The van der Waals surface area contributed by atoms with Gasteiger partial charge < -0.3 is 14.9 Å². The van der Waals surface area contributed by atoms with Crippen LogP contribution in [0.1, 0.15) is 23.1 Å². The van der Waals surface area contributed by atoms with E-state index < -0.39 is 35.1 Å².